The molecule has 2 aliphatic rings. The number of carbonyl (C=O) groups is 1. The van der Waals surface area contributed by atoms with Gasteiger partial charge in [-0.2, -0.15) is 0 Å². The molecule has 0 aliphatic carbocycles. The first kappa shape index (κ1) is 11.5. The van der Waals surface area contributed by atoms with Crippen LogP contribution >= 0.6 is 0 Å². The number of epoxide rings is 1. The third-order valence-electron chi connectivity index (χ3n) is 3.53. The Labute approximate surface area is 115 Å². The Kier molecular flexibility index (Phi) is 2.50. The quantitative estimate of drug-likeness (QED) is 0.634. The van der Waals surface area contributed by atoms with Crippen molar-refractivity contribution in [2.24, 2.45) is 0 Å². The fraction of sp³-hybridized carbons (Fsp3) is 0.188. The molecule has 4 rings (SSSR count). The molecule has 0 aromatic heterocycles. The summed E-state index contributed by atoms with van der Waals surface area (Å²) >= 11 is 0. The van der Waals surface area contributed by atoms with Crippen LogP contribution in [-0.2, 0) is 4.74 Å². The maximum atomic E-state index is 12.2. The Morgan fingerprint density at radius 1 is 1.00 bits per heavy atom. The van der Waals surface area contributed by atoms with Gasteiger partial charge in [0.15, 0.2) is 23.4 Å². The van der Waals surface area contributed by atoms with Gasteiger partial charge in [0.25, 0.3) is 0 Å². The maximum absolute atomic E-state index is 12.2. The highest BCUT2D eigenvalue weighted by Crippen LogP contribution is 2.44. The van der Waals surface area contributed by atoms with Gasteiger partial charge in [0.05, 0.1) is 0 Å². The summed E-state index contributed by atoms with van der Waals surface area (Å²) in [6, 6.07) is 14.9. The van der Waals surface area contributed by atoms with Gasteiger partial charge in [-0.25, -0.2) is 0 Å². The minimum absolute atomic E-state index is 0.0215. The molecule has 4 nitrogen and oxygen atoms in total. The summed E-state index contributed by atoms with van der Waals surface area (Å²) < 4.78 is 16.1. The van der Waals surface area contributed by atoms with Gasteiger partial charge < -0.3 is 14.2 Å². The number of ether oxygens (including phenoxy) is 3. The molecule has 1 saturated heterocycles. The normalized spacial score (nSPS) is 22.6. The zero-order chi connectivity index (χ0) is 13.5. The van der Waals surface area contributed by atoms with Crippen LogP contribution in [0, 0.1) is 0 Å². The number of ketones is 1. The SMILES string of the molecule is O=C(c1ccccc1)[C@@H]1O[C@@H]1c1ccc2c(c1)OCO2. The molecule has 0 spiro atoms. The second-order valence-corrected chi connectivity index (χ2v) is 4.82. The fourth-order valence-corrected chi connectivity index (χ4v) is 2.42. The highest BCUT2D eigenvalue weighted by atomic mass is 16.7. The van der Waals surface area contributed by atoms with Gasteiger partial charge >= 0.3 is 0 Å². The van der Waals surface area contributed by atoms with Crippen LogP contribution in [0.1, 0.15) is 22.0 Å². The van der Waals surface area contributed by atoms with Crippen LogP contribution < -0.4 is 9.47 Å². The summed E-state index contributed by atoms with van der Waals surface area (Å²) in [4.78, 5) is 12.2. The average Bonchev–Trinajstić information content (AvgIpc) is 3.17. The molecule has 2 aromatic rings. The number of carbonyl (C=O) groups excluding carboxylic acids is 1. The summed E-state index contributed by atoms with van der Waals surface area (Å²) in [5, 5.41) is 0. The molecule has 0 N–H and O–H groups in total. The number of Topliss-reactive ketones (excluding diaryl/α,β-unsaturated/α-hetero) is 1. The lowest BCUT2D eigenvalue weighted by molar-refractivity contribution is 0.0953. The third kappa shape index (κ3) is 1.85. The zero-order valence-corrected chi connectivity index (χ0v) is 10.6. The molecule has 4 heteroatoms. The van der Waals surface area contributed by atoms with E-state index in [0.717, 1.165) is 11.3 Å². The summed E-state index contributed by atoms with van der Waals surface area (Å²) in [7, 11) is 0. The van der Waals surface area contributed by atoms with Crippen LogP contribution in [0.3, 0.4) is 0 Å². The van der Waals surface area contributed by atoms with Crippen LogP contribution in [0.15, 0.2) is 48.5 Å². The first-order valence-corrected chi connectivity index (χ1v) is 6.47. The van der Waals surface area contributed by atoms with Crippen LogP contribution in [0.4, 0.5) is 0 Å². The molecule has 0 bridgehead atoms. The average molecular weight is 268 g/mol. The summed E-state index contributed by atoms with van der Waals surface area (Å²) in [5.41, 5.74) is 1.63. The van der Waals surface area contributed by atoms with E-state index in [4.69, 9.17) is 14.2 Å². The molecule has 2 atom stereocenters. The Balaban J connectivity index is 1.54. The predicted molar refractivity (Wildman–Crippen MR) is 71.0 cm³/mol. The largest absolute Gasteiger partial charge is 0.454 e. The molecule has 0 amide bonds. The van der Waals surface area contributed by atoms with E-state index in [1.807, 2.05) is 36.4 Å². The minimum atomic E-state index is -0.391. The molecular weight excluding hydrogens is 256 g/mol. The Morgan fingerprint density at radius 2 is 1.80 bits per heavy atom. The van der Waals surface area contributed by atoms with Gasteiger partial charge in [0.1, 0.15) is 6.10 Å². The van der Waals surface area contributed by atoms with E-state index in [9.17, 15) is 4.79 Å². The highest BCUT2D eigenvalue weighted by molar-refractivity contribution is 6.01. The third-order valence-corrected chi connectivity index (χ3v) is 3.53. The van der Waals surface area contributed by atoms with E-state index in [0.29, 0.717) is 11.3 Å². The van der Waals surface area contributed by atoms with Crippen molar-refractivity contribution >= 4 is 5.78 Å². The van der Waals surface area contributed by atoms with E-state index in [1.54, 1.807) is 12.1 Å². The molecule has 0 radical (unpaired) electrons. The molecule has 20 heavy (non-hydrogen) atoms. The van der Waals surface area contributed by atoms with Crippen molar-refractivity contribution in [3.05, 3.63) is 59.7 Å². The summed E-state index contributed by atoms with van der Waals surface area (Å²) in [6.45, 7) is 0.247. The van der Waals surface area contributed by atoms with Crippen LogP contribution in [-0.4, -0.2) is 18.7 Å². The first-order valence-electron chi connectivity index (χ1n) is 6.47. The van der Waals surface area contributed by atoms with E-state index in [-0.39, 0.29) is 18.7 Å². The number of rotatable bonds is 3. The Morgan fingerprint density at radius 3 is 2.65 bits per heavy atom. The Bertz CT molecular complexity index is 665. The van der Waals surface area contributed by atoms with Gasteiger partial charge in [-0.05, 0) is 17.7 Å². The molecule has 0 saturated carbocycles. The molecule has 2 heterocycles. The van der Waals surface area contributed by atoms with Crippen LogP contribution in [0.5, 0.6) is 11.5 Å². The number of benzene rings is 2. The number of hydrogen-bond donors (Lipinski definition) is 0. The first-order chi connectivity index (χ1) is 9.83. The van der Waals surface area contributed by atoms with Gasteiger partial charge in [-0.1, -0.05) is 36.4 Å². The van der Waals surface area contributed by atoms with Gasteiger partial charge in [0, 0.05) is 5.56 Å². The molecule has 2 aliphatic heterocycles. The number of fused-ring (bicyclic) bond motifs is 1. The minimum Gasteiger partial charge on any atom is -0.454 e. The maximum Gasteiger partial charge on any atom is 0.231 e. The predicted octanol–water partition coefficient (Wildman–Crippen LogP) is 2.74. The topological polar surface area (TPSA) is 48.1 Å². The summed E-state index contributed by atoms with van der Waals surface area (Å²) in [6.07, 6.45) is -0.574. The smallest absolute Gasteiger partial charge is 0.231 e. The molecule has 0 unspecified atom stereocenters. The van der Waals surface area contributed by atoms with Crippen molar-refractivity contribution in [2.45, 2.75) is 12.2 Å². The zero-order valence-electron chi connectivity index (χ0n) is 10.6. The van der Waals surface area contributed by atoms with Gasteiger partial charge in [-0.3, -0.25) is 4.79 Å². The van der Waals surface area contributed by atoms with Gasteiger partial charge in [0.2, 0.25) is 6.79 Å². The van der Waals surface area contributed by atoms with Crippen LogP contribution in [0.2, 0.25) is 0 Å². The lowest BCUT2D eigenvalue weighted by Gasteiger charge is -1.99. The fourth-order valence-electron chi connectivity index (χ4n) is 2.42. The van der Waals surface area contributed by atoms with Crippen molar-refractivity contribution in [1.82, 2.24) is 0 Å². The van der Waals surface area contributed by atoms with Gasteiger partial charge in [-0.15, -0.1) is 0 Å². The van der Waals surface area contributed by atoms with Crippen molar-refractivity contribution in [2.75, 3.05) is 6.79 Å². The van der Waals surface area contributed by atoms with Crippen molar-refractivity contribution < 1.29 is 19.0 Å². The van der Waals surface area contributed by atoms with E-state index in [1.165, 1.54) is 0 Å². The second-order valence-electron chi connectivity index (χ2n) is 4.82. The van der Waals surface area contributed by atoms with Crippen molar-refractivity contribution in [1.29, 1.82) is 0 Å². The second kappa shape index (κ2) is 4.35. The van der Waals surface area contributed by atoms with E-state index >= 15 is 0 Å². The Hall–Kier alpha value is -2.33. The summed E-state index contributed by atoms with van der Waals surface area (Å²) in [5.74, 6) is 1.47. The lowest BCUT2D eigenvalue weighted by atomic mass is 10.0. The van der Waals surface area contributed by atoms with Crippen molar-refractivity contribution in [3.63, 3.8) is 0 Å². The molecular formula is C16H12O4. The van der Waals surface area contributed by atoms with Crippen molar-refractivity contribution in [3.8, 4) is 11.5 Å². The lowest BCUT2D eigenvalue weighted by Crippen LogP contribution is -2.07. The number of hydrogen-bond acceptors (Lipinski definition) is 4. The molecule has 2 aromatic carbocycles. The van der Waals surface area contributed by atoms with E-state index in [2.05, 4.69) is 0 Å². The highest BCUT2D eigenvalue weighted by Gasteiger charge is 2.46. The standard InChI is InChI=1S/C16H12O4/c17-14(10-4-2-1-3-5-10)16-15(20-16)11-6-7-12-13(8-11)19-9-18-12/h1-8,15-16H,9H2/t15-,16+/m1/s1. The molecule has 1 fully saturated rings. The van der Waals surface area contributed by atoms with E-state index < -0.39 is 6.10 Å². The van der Waals surface area contributed by atoms with Crippen LogP contribution in [0.25, 0.3) is 0 Å². The molecule has 100 valence electrons. The monoisotopic (exact) mass is 268 g/mol.